The van der Waals surface area contributed by atoms with Crippen LogP contribution in [-0.4, -0.2) is 61.0 Å². The fourth-order valence-electron chi connectivity index (χ4n) is 4.48. The number of nitrogens with zero attached hydrogens (tertiary/aromatic N) is 5. The van der Waals surface area contributed by atoms with Crippen molar-refractivity contribution < 1.29 is 14.3 Å². The van der Waals surface area contributed by atoms with Gasteiger partial charge in [0.05, 0.1) is 17.9 Å². The van der Waals surface area contributed by atoms with Crippen LogP contribution < -0.4 is 5.32 Å². The lowest BCUT2D eigenvalue weighted by molar-refractivity contribution is -0.0990. The molecule has 4 heterocycles. The maximum atomic E-state index is 12.9. The minimum absolute atomic E-state index is 0.0117. The van der Waals surface area contributed by atoms with Gasteiger partial charge in [0.25, 0.3) is 11.8 Å². The summed E-state index contributed by atoms with van der Waals surface area (Å²) in [7, 11) is 3.68. The largest absolute Gasteiger partial charge is 0.370 e. The topological polar surface area (TPSA) is 94.3 Å². The number of aromatic nitrogens is 4. The number of fused-ring (bicyclic) bond motifs is 1. The highest BCUT2D eigenvalue weighted by Gasteiger charge is 2.42. The second-order valence-electron chi connectivity index (χ2n) is 8.76. The van der Waals surface area contributed by atoms with Crippen LogP contribution >= 0.6 is 0 Å². The van der Waals surface area contributed by atoms with E-state index in [2.05, 4.69) is 15.5 Å². The van der Waals surface area contributed by atoms with Crippen LogP contribution in [0.4, 0.5) is 0 Å². The average Bonchev–Trinajstić information content (AvgIpc) is 3.20. The quantitative estimate of drug-likeness (QED) is 0.818. The molecule has 2 aliphatic rings. The van der Waals surface area contributed by atoms with Gasteiger partial charge < -0.3 is 15.0 Å². The van der Waals surface area contributed by atoms with Gasteiger partial charge >= 0.3 is 0 Å². The number of rotatable bonds is 3. The smallest absolute Gasteiger partial charge is 0.272 e. The predicted molar refractivity (Wildman–Crippen MR) is 110 cm³/mol. The zero-order valence-electron chi connectivity index (χ0n) is 18.4. The maximum Gasteiger partial charge on any atom is 0.272 e. The van der Waals surface area contributed by atoms with Crippen molar-refractivity contribution in [3.63, 3.8) is 0 Å². The van der Waals surface area contributed by atoms with Gasteiger partial charge in [0.1, 0.15) is 5.69 Å². The lowest BCUT2D eigenvalue weighted by Crippen LogP contribution is -2.51. The van der Waals surface area contributed by atoms with Crippen LogP contribution in [0.3, 0.4) is 0 Å². The van der Waals surface area contributed by atoms with Crippen LogP contribution in [0.2, 0.25) is 0 Å². The molecule has 2 aromatic rings. The van der Waals surface area contributed by atoms with Gasteiger partial charge in [0.2, 0.25) is 0 Å². The van der Waals surface area contributed by atoms with E-state index in [1.165, 1.54) is 0 Å². The molecule has 4 rings (SSSR count). The number of hydrogen-bond acceptors (Lipinski definition) is 5. The van der Waals surface area contributed by atoms with Crippen LogP contribution in [0, 0.1) is 6.92 Å². The predicted octanol–water partition coefficient (Wildman–Crippen LogP) is 1.35. The monoisotopic (exact) mass is 414 g/mol. The molecule has 0 radical (unpaired) electrons. The van der Waals surface area contributed by atoms with Gasteiger partial charge in [-0.3, -0.25) is 19.0 Å². The first-order valence-corrected chi connectivity index (χ1v) is 10.5. The molecule has 1 fully saturated rings. The van der Waals surface area contributed by atoms with Crippen molar-refractivity contribution in [1.82, 2.24) is 29.8 Å². The molecule has 0 bridgehead atoms. The summed E-state index contributed by atoms with van der Waals surface area (Å²) in [6.45, 7) is 7.40. The van der Waals surface area contributed by atoms with E-state index in [0.717, 1.165) is 29.8 Å². The molecule has 1 saturated heterocycles. The molecular formula is C21H30N6O3. The standard InChI is InChI=1S/C21H30N6O3/c1-13(2)22-19(28)18-15-12-30-21(11-17(15)26(5)24-18)6-8-27(9-7-21)20(29)16-10-14(3)23-25(16)4/h10,13H,6-9,11-12H2,1-5H3,(H,22,28). The summed E-state index contributed by atoms with van der Waals surface area (Å²) >= 11 is 0. The molecule has 0 atom stereocenters. The number of likely N-dealkylation sites (tertiary alicyclic amines) is 1. The number of ether oxygens (including phenoxy) is 1. The molecule has 162 valence electrons. The summed E-state index contributed by atoms with van der Waals surface area (Å²) in [4.78, 5) is 27.3. The highest BCUT2D eigenvalue weighted by molar-refractivity contribution is 5.94. The van der Waals surface area contributed by atoms with E-state index in [0.29, 0.717) is 37.5 Å². The molecule has 2 aromatic heterocycles. The van der Waals surface area contributed by atoms with Crippen LogP contribution in [-0.2, 0) is 31.9 Å². The van der Waals surface area contributed by atoms with Crippen LogP contribution in [0.5, 0.6) is 0 Å². The number of aryl methyl sites for hydroxylation is 3. The molecule has 0 aromatic carbocycles. The Kier molecular flexibility index (Phi) is 5.17. The molecule has 9 nitrogen and oxygen atoms in total. The summed E-state index contributed by atoms with van der Waals surface area (Å²) < 4.78 is 9.77. The molecule has 0 saturated carbocycles. The van der Waals surface area contributed by atoms with E-state index in [1.54, 1.807) is 11.7 Å². The van der Waals surface area contributed by atoms with Gasteiger partial charge in [-0.25, -0.2) is 0 Å². The minimum atomic E-state index is -0.314. The van der Waals surface area contributed by atoms with E-state index in [1.807, 2.05) is 43.5 Å². The Labute approximate surface area is 176 Å². The first-order valence-electron chi connectivity index (χ1n) is 10.5. The van der Waals surface area contributed by atoms with Crippen molar-refractivity contribution in [3.8, 4) is 0 Å². The average molecular weight is 415 g/mol. The molecule has 30 heavy (non-hydrogen) atoms. The van der Waals surface area contributed by atoms with Crippen LogP contribution in [0.15, 0.2) is 6.07 Å². The molecule has 1 N–H and O–H groups in total. The van der Waals surface area contributed by atoms with Crippen molar-refractivity contribution >= 4 is 11.8 Å². The molecule has 1 spiro atoms. The Hall–Kier alpha value is -2.68. The van der Waals surface area contributed by atoms with Gasteiger partial charge in [-0.2, -0.15) is 10.2 Å². The first-order chi connectivity index (χ1) is 14.2. The lowest BCUT2D eigenvalue weighted by Gasteiger charge is -2.43. The molecule has 0 unspecified atom stereocenters. The molecule has 2 amide bonds. The van der Waals surface area contributed by atoms with Gasteiger partial charge in [-0.05, 0) is 39.7 Å². The third kappa shape index (κ3) is 3.62. The fraction of sp³-hybridized carbons (Fsp3) is 0.619. The lowest BCUT2D eigenvalue weighted by atomic mass is 9.83. The summed E-state index contributed by atoms with van der Waals surface area (Å²) in [5.74, 6) is -0.147. The van der Waals surface area contributed by atoms with E-state index >= 15 is 0 Å². The Bertz CT molecular complexity index is 981. The van der Waals surface area contributed by atoms with Crippen LogP contribution in [0.25, 0.3) is 0 Å². The van der Waals surface area contributed by atoms with Crippen molar-refractivity contribution in [3.05, 3.63) is 34.4 Å². The number of piperidine rings is 1. The van der Waals surface area contributed by atoms with Gasteiger partial charge in [0.15, 0.2) is 5.69 Å². The van der Waals surface area contributed by atoms with E-state index < -0.39 is 0 Å². The highest BCUT2D eigenvalue weighted by atomic mass is 16.5. The molecule has 2 aliphatic heterocycles. The normalized spacial score (nSPS) is 18.0. The maximum absolute atomic E-state index is 12.9. The van der Waals surface area contributed by atoms with Gasteiger partial charge in [0, 0.05) is 50.9 Å². The molecular weight excluding hydrogens is 384 g/mol. The third-order valence-corrected chi connectivity index (χ3v) is 6.10. The second-order valence-corrected chi connectivity index (χ2v) is 8.76. The Morgan fingerprint density at radius 2 is 1.87 bits per heavy atom. The number of hydrogen-bond donors (Lipinski definition) is 1. The molecule has 9 heteroatoms. The Balaban J connectivity index is 1.47. The summed E-state index contributed by atoms with van der Waals surface area (Å²) in [5, 5.41) is 11.7. The van der Waals surface area contributed by atoms with E-state index in [-0.39, 0.29) is 23.5 Å². The van der Waals surface area contributed by atoms with Crippen LogP contribution in [0.1, 0.15) is 64.6 Å². The third-order valence-electron chi connectivity index (χ3n) is 6.10. The van der Waals surface area contributed by atoms with Gasteiger partial charge in [-0.1, -0.05) is 0 Å². The summed E-state index contributed by atoms with van der Waals surface area (Å²) in [6, 6.07) is 1.88. The number of carbonyl (C=O) groups is 2. The zero-order valence-corrected chi connectivity index (χ0v) is 18.4. The second kappa shape index (κ2) is 7.54. The van der Waals surface area contributed by atoms with Crippen molar-refractivity contribution in [2.45, 2.75) is 58.3 Å². The molecule has 0 aliphatic carbocycles. The van der Waals surface area contributed by atoms with E-state index in [4.69, 9.17) is 4.74 Å². The SMILES string of the molecule is Cc1cc(C(=O)N2CCC3(CC2)Cc2c(c(C(=O)NC(C)C)nn2C)CO3)n(C)n1. The van der Waals surface area contributed by atoms with E-state index in [9.17, 15) is 9.59 Å². The van der Waals surface area contributed by atoms with Crippen molar-refractivity contribution in [2.24, 2.45) is 14.1 Å². The summed E-state index contributed by atoms with van der Waals surface area (Å²) in [6.07, 6.45) is 2.22. The number of nitrogens with one attached hydrogen (secondary N) is 1. The number of amides is 2. The Morgan fingerprint density at radius 1 is 1.17 bits per heavy atom. The number of carbonyl (C=O) groups excluding carboxylic acids is 2. The minimum Gasteiger partial charge on any atom is -0.370 e. The van der Waals surface area contributed by atoms with Crippen molar-refractivity contribution in [2.75, 3.05) is 13.1 Å². The Morgan fingerprint density at radius 3 is 2.47 bits per heavy atom. The zero-order chi connectivity index (χ0) is 21.6. The highest BCUT2D eigenvalue weighted by Crippen LogP contribution is 2.37. The first kappa shape index (κ1) is 20.6. The van der Waals surface area contributed by atoms with Crippen molar-refractivity contribution in [1.29, 1.82) is 0 Å². The van der Waals surface area contributed by atoms with Gasteiger partial charge in [-0.15, -0.1) is 0 Å². The summed E-state index contributed by atoms with van der Waals surface area (Å²) in [5.41, 5.74) is 3.53. The fourth-order valence-corrected chi connectivity index (χ4v) is 4.48.